The average Bonchev–Trinajstić information content (AvgIpc) is 3.14. The van der Waals surface area contributed by atoms with Crippen LogP contribution in [0, 0.1) is 0 Å². The number of anilines is 3. The Morgan fingerprint density at radius 2 is 1.42 bits per heavy atom. The van der Waals surface area contributed by atoms with Crippen LogP contribution in [0.4, 0.5) is 21.9 Å². The second kappa shape index (κ2) is 8.28. The van der Waals surface area contributed by atoms with Gasteiger partial charge in [0.1, 0.15) is 5.60 Å². The van der Waals surface area contributed by atoms with Gasteiger partial charge in [0.2, 0.25) is 0 Å². The maximum atomic E-state index is 13.2. The molecule has 1 amide bonds. The number of benzene rings is 3. The van der Waals surface area contributed by atoms with Gasteiger partial charge >= 0.3 is 6.09 Å². The predicted molar refractivity (Wildman–Crippen MR) is 134 cm³/mol. The Bertz CT molecular complexity index is 1180. The van der Waals surface area contributed by atoms with Gasteiger partial charge in [-0.2, -0.15) is 0 Å². The lowest BCUT2D eigenvalue weighted by Crippen LogP contribution is -2.35. The van der Waals surface area contributed by atoms with Crippen molar-refractivity contribution in [2.24, 2.45) is 0 Å². The van der Waals surface area contributed by atoms with E-state index in [0.717, 1.165) is 34.7 Å². The molecule has 0 N–H and O–H groups in total. The summed E-state index contributed by atoms with van der Waals surface area (Å²) < 4.78 is 5.76. The van der Waals surface area contributed by atoms with Crippen molar-refractivity contribution in [2.45, 2.75) is 38.7 Å². The summed E-state index contributed by atoms with van der Waals surface area (Å²) in [5.74, 6) is 0.0867. The molecule has 3 aromatic carbocycles. The van der Waals surface area contributed by atoms with Crippen LogP contribution in [0.2, 0.25) is 0 Å². The summed E-state index contributed by atoms with van der Waals surface area (Å²) in [6.07, 6.45) is 4.66. The third-order valence-electron chi connectivity index (χ3n) is 5.92. The van der Waals surface area contributed by atoms with E-state index in [0.29, 0.717) is 0 Å². The first-order valence-corrected chi connectivity index (χ1v) is 11.4. The number of amides is 1. The largest absolute Gasteiger partial charge is 0.443 e. The van der Waals surface area contributed by atoms with Crippen LogP contribution in [0.1, 0.15) is 38.7 Å². The van der Waals surface area contributed by atoms with Gasteiger partial charge in [-0.25, -0.2) is 9.69 Å². The minimum absolute atomic E-state index is 0.0867. The number of ether oxygens (including phenoxy) is 1. The molecule has 1 unspecified atom stereocenters. The van der Waals surface area contributed by atoms with E-state index in [1.165, 1.54) is 5.70 Å². The first kappa shape index (κ1) is 21.1. The van der Waals surface area contributed by atoms with Gasteiger partial charge in [0.15, 0.2) is 0 Å². The van der Waals surface area contributed by atoms with Gasteiger partial charge < -0.3 is 9.64 Å². The molecule has 2 aliphatic rings. The predicted octanol–water partition coefficient (Wildman–Crippen LogP) is 7.54. The van der Waals surface area contributed by atoms with E-state index in [2.05, 4.69) is 71.6 Å². The molecule has 0 fully saturated rings. The Morgan fingerprint density at radius 1 is 0.848 bits per heavy atom. The average molecular weight is 437 g/mol. The Morgan fingerprint density at radius 3 is 2.03 bits per heavy atom. The number of nitrogens with zero attached hydrogens (tertiary/aromatic N) is 2. The fourth-order valence-corrected chi connectivity index (χ4v) is 4.62. The third-order valence-corrected chi connectivity index (χ3v) is 5.92. The number of fused-ring (bicyclic) bond motifs is 3. The fraction of sp³-hybridized carbons (Fsp3) is 0.207. The maximum absolute atomic E-state index is 13.2. The van der Waals surface area contributed by atoms with Gasteiger partial charge in [-0.1, -0.05) is 54.6 Å². The van der Waals surface area contributed by atoms with Crippen LogP contribution in [-0.2, 0) is 4.74 Å². The van der Waals surface area contributed by atoms with Crippen LogP contribution in [0.3, 0.4) is 0 Å². The number of hydrogen-bond acceptors (Lipinski definition) is 3. The number of allylic oxidation sites excluding steroid dienone is 4. The van der Waals surface area contributed by atoms with E-state index < -0.39 is 5.60 Å². The molecule has 1 aliphatic carbocycles. The first-order chi connectivity index (χ1) is 15.9. The lowest BCUT2D eigenvalue weighted by Gasteiger charge is -2.32. The standard InChI is InChI=1S/C29H28N2O2/c1-29(2,3)33-28(32)31-26-17-11-10-16-24(26)25-20-23(18-19-27(25)31)30(21-12-6-4-7-13-21)22-14-8-5-9-15-22/h4-19,25H,20H2,1-3H3. The molecule has 1 aliphatic heterocycles. The summed E-state index contributed by atoms with van der Waals surface area (Å²) in [7, 11) is 0. The number of carbonyl (C=O) groups excluding carboxylic acids is 1. The van der Waals surface area contributed by atoms with Crippen LogP contribution >= 0.6 is 0 Å². The molecule has 1 atom stereocenters. The second-order valence-corrected chi connectivity index (χ2v) is 9.39. The van der Waals surface area contributed by atoms with Crippen LogP contribution in [0.15, 0.2) is 108 Å². The molecule has 0 bridgehead atoms. The SMILES string of the molecule is CC(C)(C)OC(=O)N1C2=CC=C(N(c3ccccc3)c3ccccc3)CC2c2ccccc21. The summed E-state index contributed by atoms with van der Waals surface area (Å²) >= 11 is 0. The zero-order valence-electron chi connectivity index (χ0n) is 19.2. The van der Waals surface area contributed by atoms with Crippen LogP contribution in [0.25, 0.3) is 0 Å². The summed E-state index contributed by atoms with van der Waals surface area (Å²) in [6.45, 7) is 5.69. The number of carbonyl (C=O) groups is 1. The van der Waals surface area contributed by atoms with Crippen molar-refractivity contribution in [3.05, 3.63) is 114 Å². The van der Waals surface area contributed by atoms with Gasteiger partial charge in [0, 0.05) is 35.1 Å². The summed E-state index contributed by atoms with van der Waals surface area (Å²) in [5, 5.41) is 0. The Kier molecular flexibility index (Phi) is 5.29. The van der Waals surface area contributed by atoms with Crippen molar-refractivity contribution < 1.29 is 9.53 Å². The molecule has 1 heterocycles. The Hall–Kier alpha value is -3.79. The molecule has 5 rings (SSSR count). The van der Waals surface area contributed by atoms with Crippen LogP contribution < -0.4 is 9.80 Å². The van der Waals surface area contributed by atoms with Gasteiger partial charge in [0.05, 0.1) is 5.69 Å². The summed E-state index contributed by atoms with van der Waals surface area (Å²) in [5.41, 5.74) is 5.88. The fourth-order valence-electron chi connectivity index (χ4n) is 4.62. The monoisotopic (exact) mass is 436 g/mol. The highest BCUT2D eigenvalue weighted by atomic mass is 16.6. The minimum atomic E-state index is -0.558. The zero-order chi connectivity index (χ0) is 23.0. The van der Waals surface area contributed by atoms with Gasteiger partial charge in [0.25, 0.3) is 0 Å². The van der Waals surface area contributed by atoms with E-state index >= 15 is 0 Å². The maximum Gasteiger partial charge on any atom is 0.419 e. The van der Waals surface area contributed by atoms with Crippen molar-refractivity contribution in [3.63, 3.8) is 0 Å². The molecule has 0 aromatic heterocycles. The van der Waals surface area contributed by atoms with E-state index in [1.807, 2.05) is 51.1 Å². The van der Waals surface area contributed by atoms with Crippen LogP contribution in [0.5, 0.6) is 0 Å². The zero-order valence-corrected chi connectivity index (χ0v) is 19.2. The molecule has 166 valence electrons. The van der Waals surface area contributed by atoms with Crippen molar-refractivity contribution >= 4 is 23.2 Å². The molecule has 0 radical (unpaired) electrons. The van der Waals surface area contributed by atoms with E-state index in [-0.39, 0.29) is 12.0 Å². The topological polar surface area (TPSA) is 32.8 Å². The second-order valence-electron chi connectivity index (χ2n) is 9.39. The Balaban J connectivity index is 1.58. The molecule has 33 heavy (non-hydrogen) atoms. The molecule has 0 spiro atoms. The van der Waals surface area contributed by atoms with Crippen molar-refractivity contribution in [2.75, 3.05) is 9.80 Å². The summed E-state index contributed by atoms with van der Waals surface area (Å²) in [6, 6.07) is 29.0. The molecule has 0 saturated heterocycles. The molecule has 0 saturated carbocycles. The van der Waals surface area contributed by atoms with Gasteiger partial charge in [-0.05, 0) is 68.8 Å². The highest BCUT2D eigenvalue weighted by Crippen LogP contribution is 2.50. The van der Waals surface area contributed by atoms with Crippen molar-refractivity contribution in [1.82, 2.24) is 0 Å². The van der Waals surface area contributed by atoms with Crippen molar-refractivity contribution in [3.8, 4) is 0 Å². The first-order valence-electron chi connectivity index (χ1n) is 11.4. The Labute approximate surface area is 195 Å². The number of rotatable bonds is 3. The van der Waals surface area contributed by atoms with Gasteiger partial charge in [-0.15, -0.1) is 0 Å². The van der Waals surface area contributed by atoms with Crippen molar-refractivity contribution in [1.29, 1.82) is 0 Å². The molecular weight excluding hydrogens is 408 g/mol. The molecule has 4 heteroatoms. The third kappa shape index (κ3) is 4.05. The molecule has 3 aromatic rings. The molecular formula is C29H28N2O2. The minimum Gasteiger partial charge on any atom is -0.443 e. The quantitative estimate of drug-likeness (QED) is 0.425. The van der Waals surface area contributed by atoms with E-state index in [9.17, 15) is 4.79 Å². The number of hydrogen-bond donors (Lipinski definition) is 0. The van der Waals surface area contributed by atoms with Crippen LogP contribution in [-0.4, -0.2) is 11.7 Å². The van der Waals surface area contributed by atoms with Gasteiger partial charge in [-0.3, -0.25) is 0 Å². The molecule has 4 nitrogen and oxygen atoms in total. The lowest BCUT2D eigenvalue weighted by atomic mass is 9.89. The highest BCUT2D eigenvalue weighted by molar-refractivity contribution is 5.96. The number of para-hydroxylation sites is 3. The summed E-state index contributed by atoms with van der Waals surface area (Å²) in [4.78, 5) is 17.2. The van der Waals surface area contributed by atoms with E-state index in [1.54, 1.807) is 4.90 Å². The van der Waals surface area contributed by atoms with E-state index in [4.69, 9.17) is 4.74 Å². The smallest absolute Gasteiger partial charge is 0.419 e. The lowest BCUT2D eigenvalue weighted by molar-refractivity contribution is 0.0593. The normalized spacial score (nSPS) is 16.9. The highest BCUT2D eigenvalue weighted by Gasteiger charge is 2.41.